The topological polar surface area (TPSA) is 88.8 Å². The fourth-order valence-electron chi connectivity index (χ4n) is 4.18. The van der Waals surface area contributed by atoms with Crippen LogP contribution in [0.5, 0.6) is 0 Å². The van der Waals surface area contributed by atoms with Crippen LogP contribution in [0.3, 0.4) is 0 Å². The van der Waals surface area contributed by atoms with Crippen molar-refractivity contribution < 1.29 is 14.3 Å². The van der Waals surface area contributed by atoms with Crippen LogP contribution in [0.4, 0.5) is 0 Å². The summed E-state index contributed by atoms with van der Waals surface area (Å²) in [7, 11) is 0. The molecular weight excluding hydrogens is 439 g/mol. The molecular formula is C22H24Cl2N4O3. The summed E-state index contributed by atoms with van der Waals surface area (Å²) < 4.78 is 5.31. The van der Waals surface area contributed by atoms with Crippen molar-refractivity contribution in [3.8, 4) is 11.1 Å². The minimum atomic E-state index is -0.230. The molecule has 2 aromatic rings. The number of fused-ring (bicyclic) bond motifs is 1. The molecule has 2 aliphatic rings. The Kier molecular flexibility index (Phi) is 6.48. The summed E-state index contributed by atoms with van der Waals surface area (Å²) in [4.78, 5) is 34.3. The molecule has 0 radical (unpaired) electrons. The van der Waals surface area contributed by atoms with E-state index in [9.17, 15) is 9.59 Å². The van der Waals surface area contributed by atoms with E-state index in [4.69, 9.17) is 33.7 Å². The van der Waals surface area contributed by atoms with Gasteiger partial charge in [0.2, 0.25) is 5.91 Å². The second-order valence-corrected chi connectivity index (χ2v) is 8.51. The first-order valence-corrected chi connectivity index (χ1v) is 11.0. The van der Waals surface area contributed by atoms with Gasteiger partial charge in [0.15, 0.2) is 0 Å². The number of hydrogen-bond acceptors (Lipinski definition) is 5. The Morgan fingerprint density at radius 2 is 1.94 bits per heavy atom. The van der Waals surface area contributed by atoms with Crippen LogP contribution in [0, 0.1) is 6.92 Å². The lowest BCUT2D eigenvalue weighted by Gasteiger charge is -2.33. The number of ether oxygens (including phenoxy) is 1. The zero-order valence-corrected chi connectivity index (χ0v) is 18.8. The van der Waals surface area contributed by atoms with Crippen molar-refractivity contribution in [2.45, 2.75) is 19.9 Å². The van der Waals surface area contributed by atoms with Crippen LogP contribution in [0.2, 0.25) is 10.0 Å². The lowest BCUT2D eigenvalue weighted by Crippen LogP contribution is -2.49. The maximum Gasteiger partial charge on any atom is 0.256 e. The average molecular weight is 463 g/mol. The first-order chi connectivity index (χ1) is 14.9. The molecule has 31 heavy (non-hydrogen) atoms. The molecule has 2 aliphatic heterocycles. The largest absolute Gasteiger partial charge is 0.378 e. The molecule has 0 bridgehead atoms. The lowest BCUT2D eigenvalue weighted by atomic mass is 9.89. The zero-order valence-electron chi connectivity index (χ0n) is 17.3. The van der Waals surface area contributed by atoms with Gasteiger partial charge in [0.05, 0.1) is 24.5 Å². The SMILES string of the molecule is Cc1nc2c(c(-c3ccc(Cl)cc3Cl)c1CN)C(=O)N(CC(=O)N1CCOCC1)CC2. The summed E-state index contributed by atoms with van der Waals surface area (Å²) in [6, 6.07) is 5.18. The van der Waals surface area contributed by atoms with Gasteiger partial charge in [-0.3, -0.25) is 14.6 Å². The van der Waals surface area contributed by atoms with Gasteiger partial charge in [0, 0.05) is 59.5 Å². The summed E-state index contributed by atoms with van der Waals surface area (Å²) in [5.41, 5.74) is 10.1. The number of aromatic nitrogens is 1. The number of benzene rings is 1. The Morgan fingerprint density at radius 1 is 1.19 bits per heavy atom. The van der Waals surface area contributed by atoms with Gasteiger partial charge in [-0.25, -0.2) is 0 Å². The van der Waals surface area contributed by atoms with Crippen LogP contribution in [0.15, 0.2) is 18.2 Å². The molecule has 164 valence electrons. The summed E-state index contributed by atoms with van der Waals surface area (Å²) in [6.45, 7) is 4.68. The van der Waals surface area contributed by atoms with E-state index in [2.05, 4.69) is 4.98 Å². The fraction of sp³-hybridized carbons (Fsp3) is 0.409. The third kappa shape index (κ3) is 4.28. The normalized spacial score (nSPS) is 16.5. The predicted molar refractivity (Wildman–Crippen MR) is 119 cm³/mol. The van der Waals surface area contributed by atoms with Crippen molar-refractivity contribution in [2.24, 2.45) is 5.73 Å². The molecule has 7 nitrogen and oxygen atoms in total. The molecule has 9 heteroatoms. The maximum atomic E-state index is 13.6. The van der Waals surface area contributed by atoms with E-state index >= 15 is 0 Å². The number of nitrogens with two attached hydrogens (primary N) is 1. The van der Waals surface area contributed by atoms with Crippen LogP contribution in [-0.4, -0.2) is 66.0 Å². The van der Waals surface area contributed by atoms with Crippen LogP contribution in [-0.2, 0) is 22.5 Å². The summed E-state index contributed by atoms with van der Waals surface area (Å²) in [5, 5.41) is 0.941. The third-order valence-corrected chi connectivity index (χ3v) is 6.34. The van der Waals surface area contributed by atoms with Gasteiger partial charge in [0.25, 0.3) is 5.91 Å². The molecule has 0 unspecified atom stereocenters. The minimum Gasteiger partial charge on any atom is -0.378 e. The van der Waals surface area contributed by atoms with Crippen molar-refractivity contribution >= 4 is 35.0 Å². The Labute approximate surface area is 191 Å². The number of carbonyl (C=O) groups is 2. The highest BCUT2D eigenvalue weighted by Crippen LogP contribution is 2.38. The molecule has 4 rings (SSSR count). The van der Waals surface area contributed by atoms with E-state index in [-0.39, 0.29) is 24.9 Å². The number of nitrogens with zero attached hydrogens (tertiary/aromatic N) is 3. The number of rotatable bonds is 4. The molecule has 1 aromatic carbocycles. The molecule has 3 heterocycles. The number of halogens is 2. The van der Waals surface area contributed by atoms with Crippen molar-refractivity contribution in [2.75, 3.05) is 39.4 Å². The van der Waals surface area contributed by atoms with E-state index in [0.717, 1.165) is 11.3 Å². The van der Waals surface area contributed by atoms with Gasteiger partial charge >= 0.3 is 0 Å². The fourth-order valence-corrected chi connectivity index (χ4v) is 4.68. The number of amides is 2. The minimum absolute atomic E-state index is 0.0257. The van der Waals surface area contributed by atoms with Crippen LogP contribution in [0.25, 0.3) is 11.1 Å². The summed E-state index contributed by atoms with van der Waals surface area (Å²) in [5.74, 6) is -0.309. The van der Waals surface area contributed by atoms with E-state index in [1.165, 1.54) is 0 Å². The van der Waals surface area contributed by atoms with Crippen LogP contribution >= 0.6 is 23.2 Å². The molecule has 0 atom stereocenters. The van der Waals surface area contributed by atoms with E-state index in [0.29, 0.717) is 71.7 Å². The number of carbonyl (C=O) groups excluding carboxylic acids is 2. The monoisotopic (exact) mass is 462 g/mol. The lowest BCUT2D eigenvalue weighted by molar-refractivity contribution is -0.136. The van der Waals surface area contributed by atoms with Gasteiger partial charge in [-0.1, -0.05) is 29.3 Å². The Morgan fingerprint density at radius 3 is 2.61 bits per heavy atom. The molecule has 0 aliphatic carbocycles. The third-order valence-electron chi connectivity index (χ3n) is 5.79. The second-order valence-electron chi connectivity index (χ2n) is 7.67. The van der Waals surface area contributed by atoms with Gasteiger partial charge in [0.1, 0.15) is 6.54 Å². The number of morpholine rings is 1. The van der Waals surface area contributed by atoms with Gasteiger partial charge in [-0.2, -0.15) is 0 Å². The van der Waals surface area contributed by atoms with Crippen molar-refractivity contribution in [1.82, 2.24) is 14.8 Å². The van der Waals surface area contributed by atoms with Crippen molar-refractivity contribution in [3.05, 3.63) is 50.8 Å². The zero-order chi connectivity index (χ0) is 22.1. The van der Waals surface area contributed by atoms with E-state index in [1.807, 2.05) is 6.92 Å². The highest BCUT2D eigenvalue weighted by atomic mass is 35.5. The highest BCUT2D eigenvalue weighted by molar-refractivity contribution is 6.36. The Balaban J connectivity index is 1.74. The number of hydrogen-bond donors (Lipinski definition) is 1. The van der Waals surface area contributed by atoms with Gasteiger partial charge in [-0.15, -0.1) is 0 Å². The van der Waals surface area contributed by atoms with E-state index in [1.54, 1.807) is 28.0 Å². The quantitative estimate of drug-likeness (QED) is 0.754. The van der Waals surface area contributed by atoms with Crippen molar-refractivity contribution in [1.29, 1.82) is 0 Å². The first kappa shape index (κ1) is 22.0. The Hall–Kier alpha value is -2.19. The number of pyridine rings is 1. The molecule has 0 saturated carbocycles. The highest BCUT2D eigenvalue weighted by Gasteiger charge is 2.33. The van der Waals surface area contributed by atoms with Crippen LogP contribution in [0.1, 0.15) is 27.3 Å². The Bertz CT molecular complexity index is 1040. The van der Waals surface area contributed by atoms with Gasteiger partial charge in [-0.05, 0) is 24.6 Å². The van der Waals surface area contributed by atoms with Crippen molar-refractivity contribution in [3.63, 3.8) is 0 Å². The summed E-state index contributed by atoms with van der Waals surface area (Å²) >= 11 is 12.6. The average Bonchev–Trinajstić information content (AvgIpc) is 2.75. The number of aryl methyl sites for hydroxylation is 1. The molecule has 2 N–H and O–H groups in total. The molecule has 2 amide bonds. The van der Waals surface area contributed by atoms with Crippen LogP contribution < -0.4 is 5.73 Å². The molecule has 0 spiro atoms. The van der Waals surface area contributed by atoms with E-state index < -0.39 is 0 Å². The smallest absolute Gasteiger partial charge is 0.256 e. The standard InChI is InChI=1S/C22H24Cl2N4O3/c1-13-16(11-25)20(15-3-2-14(23)10-17(15)24)21-18(26-13)4-5-28(22(21)30)12-19(29)27-6-8-31-9-7-27/h2-3,10H,4-9,11-12,25H2,1H3. The predicted octanol–water partition coefficient (Wildman–Crippen LogP) is 2.68. The molecule has 1 fully saturated rings. The molecule has 1 aromatic heterocycles. The second kappa shape index (κ2) is 9.12. The summed E-state index contributed by atoms with van der Waals surface area (Å²) in [6.07, 6.45) is 0.557. The van der Waals surface area contributed by atoms with Gasteiger partial charge < -0.3 is 20.3 Å². The molecule has 1 saturated heterocycles. The maximum absolute atomic E-state index is 13.6. The first-order valence-electron chi connectivity index (χ1n) is 10.2.